The van der Waals surface area contributed by atoms with Gasteiger partial charge in [-0.15, -0.1) is 0 Å². The third-order valence-electron chi connectivity index (χ3n) is 4.38. The van der Waals surface area contributed by atoms with Gasteiger partial charge in [0.25, 0.3) is 0 Å². The highest BCUT2D eigenvalue weighted by Crippen LogP contribution is 2.30. The zero-order chi connectivity index (χ0) is 15.2. The van der Waals surface area contributed by atoms with Gasteiger partial charge < -0.3 is 5.21 Å². The van der Waals surface area contributed by atoms with Gasteiger partial charge in [-0.05, 0) is 24.9 Å². The molecule has 2 aromatic rings. The number of hydrogen-bond donors (Lipinski definition) is 1. The van der Waals surface area contributed by atoms with Gasteiger partial charge in [0.1, 0.15) is 5.71 Å². The van der Waals surface area contributed by atoms with Crippen molar-refractivity contribution in [3.05, 3.63) is 71.8 Å². The smallest absolute Gasteiger partial charge is 0.101 e. The summed E-state index contributed by atoms with van der Waals surface area (Å²) in [7, 11) is 0. The van der Waals surface area contributed by atoms with Crippen molar-refractivity contribution in [2.45, 2.75) is 25.3 Å². The summed E-state index contributed by atoms with van der Waals surface area (Å²) in [5.74, 6) is 0. The molecule has 1 saturated heterocycles. The van der Waals surface area contributed by atoms with Crippen LogP contribution >= 0.6 is 0 Å². The highest BCUT2D eigenvalue weighted by molar-refractivity contribution is 6.01. The molecular weight excluding hydrogens is 272 g/mol. The van der Waals surface area contributed by atoms with Gasteiger partial charge >= 0.3 is 0 Å². The van der Waals surface area contributed by atoms with Crippen molar-refractivity contribution in [3.8, 4) is 0 Å². The summed E-state index contributed by atoms with van der Waals surface area (Å²) in [6.45, 7) is 1.73. The monoisotopic (exact) mass is 294 g/mol. The van der Waals surface area contributed by atoms with E-state index in [1.807, 2.05) is 30.3 Å². The Kier molecular flexibility index (Phi) is 4.86. The predicted octanol–water partition coefficient (Wildman–Crippen LogP) is 4.09. The second-order valence-electron chi connectivity index (χ2n) is 5.81. The van der Waals surface area contributed by atoms with Crippen LogP contribution in [0, 0.1) is 0 Å². The summed E-state index contributed by atoms with van der Waals surface area (Å²) in [6.07, 6.45) is 3.63. The first-order valence-electron chi connectivity index (χ1n) is 7.94. The molecule has 22 heavy (non-hydrogen) atoms. The first-order valence-corrected chi connectivity index (χ1v) is 7.94. The van der Waals surface area contributed by atoms with E-state index < -0.39 is 0 Å². The van der Waals surface area contributed by atoms with Crippen molar-refractivity contribution in [2.75, 3.05) is 13.1 Å². The fraction of sp³-hybridized carbons (Fsp3) is 0.316. The molecule has 0 aromatic heterocycles. The molecule has 1 heterocycles. The minimum atomic E-state index is 0.412. The van der Waals surface area contributed by atoms with Crippen molar-refractivity contribution >= 4 is 5.71 Å². The molecule has 0 amide bonds. The average molecular weight is 294 g/mol. The molecule has 1 fully saturated rings. The normalized spacial score (nSPS) is 20.0. The molecule has 0 saturated carbocycles. The van der Waals surface area contributed by atoms with Crippen molar-refractivity contribution in [3.63, 3.8) is 0 Å². The van der Waals surface area contributed by atoms with Gasteiger partial charge in [-0.2, -0.15) is 0 Å². The molecule has 0 bridgehead atoms. The van der Waals surface area contributed by atoms with Crippen molar-refractivity contribution in [1.82, 2.24) is 4.90 Å². The van der Waals surface area contributed by atoms with E-state index in [2.05, 4.69) is 40.4 Å². The van der Waals surface area contributed by atoms with Crippen LogP contribution in [0.15, 0.2) is 65.8 Å². The largest absolute Gasteiger partial charge is 0.411 e. The van der Waals surface area contributed by atoms with E-state index in [1.165, 1.54) is 18.4 Å². The van der Waals surface area contributed by atoms with Crippen molar-refractivity contribution in [1.29, 1.82) is 0 Å². The Labute approximate surface area is 131 Å². The Balaban J connectivity index is 1.79. The Morgan fingerprint density at radius 2 is 1.68 bits per heavy atom. The van der Waals surface area contributed by atoms with E-state index in [0.29, 0.717) is 12.6 Å². The average Bonchev–Trinajstić information content (AvgIpc) is 2.61. The molecule has 114 valence electrons. The molecule has 1 atom stereocenters. The molecule has 1 aliphatic heterocycles. The van der Waals surface area contributed by atoms with Gasteiger partial charge in [-0.3, -0.25) is 4.90 Å². The van der Waals surface area contributed by atoms with E-state index >= 15 is 0 Å². The van der Waals surface area contributed by atoms with Crippen LogP contribution in [-0.2, 0) is 0 Å². The van der Waals surface area contributed by atoms with Gasteiger partial charge in [-0.1, -0.05) is 72.2 Å². The Hall–Kier alpha value is -2.13. The molecule has 3 nitrogen and oxygen atoms in total. The maximum Gasteiger partial charge on any atom is 0.101 e. The van der Waals surface area contributed by atoms with E-state index in [4.69, 9.17) is 0 Å². The molecule has 0 spiro atoms. The van der Waals surface area contributed by atoms with Crippen LogP contribution in [-0.4, -0.2) is 28.9 Å². The predicted molar refractivity (Wildman–Crippen MR) is 89.4 cm³/mol. The Morgan fingerprint density at radius 1 is 1.00 bits per heavy atom. The Morgan fingerprint density at radius 3 is 2.36 bits per heavy atom. The summed E-state index contributed by atoms with van der Waals surface area (Å²) >= 11 is 0. The number of hydrogen-bond acceptors (Lipinski definition) is 3. The van der Waals surface area contributed by atoms with Gasteiger partial charge in [0.2, 0.25) is 0 Å². The summed E-state index contributed by atoms with van der Waals surface area (Å²) in [5, 5.41) is 13.0. The number of rotatable bonds is 4. The minimum absolute atomic E-state index is 0.412. The van der Waals surface area contributed by atoms with E-state index in [-0.39, 0.29) is 0 Å². The van der Waals surface area contributed by atoms with Gasteiger partial charge in [0.15, 0.2) is 0 Å². The summed E-state index contributed by atoms with van der Waals surface area (Å²) in [6, 6.07) is 21.0. The lowest BCUT2D eigenvalue weighted by Gasteiger charge is -2.36. The summed E-state index contributed by atoms with van der Waals surface area (Å²) in [4.78, 5) is 2.43. The minimum Gasteiger partial charge on any atom is -0.411 e. The van der Waals surface area contributed by atoms with Crippen LogP contribution < -0.4 is 0 Å². The highest BCUT2D eigenvalue weighted by Gasteiger charge is 2.25. The van der Waals surface area contributed by atoms with E-state index in [1.54, 1.807) is 0 Å². The van der Waals surface area contributed by atoms with Crippen LogP contribution in [0.3, 0.4) is 0 Å². The first-order chi connectivity index (χ1) is 10.9. The van der Waals surface area contributed by atoms with Gasteiger partial charge in [0, 0.05) is 18.2 Å². The van der Waals surface area contributed by atoms with Gasteiger partial charge in [-0.25, -0.2) is 0 Å². The highest BCUT2D eigenvalue weighted by atomic mass is 16.4. The third kappa shape index (κ3) is 3.37. The SMILES string of the molecule is O/N=C(/CN1CCCCC1c1ccccc1)c1ccccc1. The lowest BCUT2D eigenvalue weighted by atomic mass is 9.94. The van der Waals surface area contributed by atoms with E-state index in [9.17, 15) is 5.21 Å². The molecule has 1 unspecified atom stereocenters. The van der Waals surface area contributed by atoms with E-state index in [0.717, 1.165) is 24.2 Å². The fourth-order valence-corrected chi connectivity index (χ4v) is 3.24. The van der Waals surface area contributed by atoms with Gasteiger partial charge in [0.05, 0.1) is 0 Å². The zero-order valence-electron chi connectivity index (χ0n) is 12.7. The quantitative estimate of drug-likeness (QED) is 0.523. The standard InChI is InChI=1S/C19H22N2O/c22-20-18(16-9-3-1-4-10-16)15-21-14-8-7-13-19(21)17-11-5-2-6-12-17/h1-6,9-12,19,22H,7-8,13-15H2/b20-18-. The first kappa shape index (κ1) is 14.8. The summed E-state index contributed by atoms with van der Waals surface area (Å²) in [5.41, 5.74) is 3.08. The van der Waals surface area contributed by atoms with Crippen LogP contribution in [0.1, 0.15) is 36.4 Å². The number of benzene rings is 2. The van der Waals surface area contributed by atoms with Crippen LogP contribution in [0.2, 0.25) is 0 Å². The number of piperidine rings is 1. The topological polar surface area (TPSA) is 35.8 Å². The lowest BCUT2D eigenvalue weighted by Crippen LogP contribution is -2.37. The molecule has 0 aliphatic carbocycles. The molecule has 3 rings (SSSR count). The maximum atomic E-state index is 9.43. The lowest BCUT2D eigenvalue weighted by molar-refractivity contribution is 0.170. The third-order valence-corrected chi connectivity index (χ3v) is 4.38. The molecule has 2 aromatic carbocycles. The Bertz CT molecular complexity index is 610. The second-order valence-corrected chi connectivity index (χ2v) is 5.81. The molecule has 3 heteroatoms. The zero-order valence-corrected chi connectivity index (χ0v) is 12.7. The molecule has 1 aliphatic rings. The number of oxime groups is 1. The fourth-order valence-electron chi connectivity index (χ4n) is 3.24. The molecule has 1 N–H and O–H groups in total. The van der Waals surface area contributed by atoms with Crippen LogP contribution in [0.4, 0.5) is 0 Å². The molecule has 0 radical (unpaired) electrons. The summed E-state index contributed by atoms with van der Waals surface area (Å²) < 4.78 is 0. The number of likely N-dealkylation sites (tertiary alicyclic amines) is 1. The second kappa shape index (κ2) is 7.23. The van der Waals surface area contributed by atoms with Crippen LogP contribution in [0.25, 0.3) is 0 Å². The van der Waals surface area contributed by atoms with Crippen molar-refractivity contribution in [2.24, 2.45) is 5.16 Å². The number of nitrogens with zero attached hydrogens (tertiary/aromatic N) is 2. The van der Waals surface area contributed by atoms with Crippen LogP contribution in [0.5, 0.6) is 0 Å². The maximum absolute atomic E-state index is 9.43. The van der Waals surface area contributed by atoms with Crippen molar-refractivity contribution < 1.29 is 5.21 Å². The molecular formula is C19H22N2O.